The normalized spacial score (nSPS) is 16.2. The number of methoxy groups -OCH3 is 1. The van der Waals surface area contributed by atoms with E-state index in [0.29, 0.717) is 30.8 Å². The summed E-state index contributed by atoms with van der Waals surface area (Å²) in [6, 6.07) is 8.20. The molecule has 1 aliphatic rings. The van der Waals surface area contributed by atoms with Crippen LogP contribution < -0.4 is 11.5 Å². The van der Waals surface area contributed by atoms with Crippen molar-refractivity contribution in [1.82, 2.24) is 19.9 Å². The van der Waals surface area contributed by atoms with Crippen LogP contribution in [0.1, 0.15) is 36.7 Å². The summed E-state index contributed by atoms with van der Waals surface area (Å²) in [6.07, 6.45) is 8.97. The van der Waals surface area contributed by atoms with E-state index in [1.54, 1.807) is 24.2 Å². The van der Waals surface area contributed by atoms with Crippen LogP contribution in [0.15, 0.2) is 64.8 Å². The van der Waals surface area contributed by atoms with Crippen LogP contribution >= 0.6 is 0 Å². The molecule has 3 aromatic rings. The maximum absolute atomic E-state index is 5.78. The molecular formula is C24H29N7O2. The van der Waals surface area contributed by atoms with Crippen molar-refractivity contribution in [3.05, 3.63) is 72.2 Å². The van der Waals surface area contributed by atoms with E-state index in [4.69, 9.17) is 25.7 Å². The highest BCUT2D eigenvalue weighted by Crippen LogP contribution is 2.50. The van der Waals surface area contributed by atoms with E-state index in [2.05, 4.69) is 40.9 Å². The molecule has 1 aliphatic carbocycles. The Labute approximate surface area is 192 Å². The summed E-state index contributed by atoms with van der Waals surface area (Å²) in [5.74, 6) is 1.81. The zero-order valence-electron chi connectivity index (χ0n) is 18.9. The van der Waals surface area contributed by atoms with Gasteiger partial charge < -0.3 is 20.7 Å². The Kier molecular flexibility index (Phi) is 6.41. The maximum Gasteiger partial charge on any atom is 0.261 e. The number of aliphatic imine (C=N–C) groups is 1. The number of rotatable bonds is 10. The molecule has 172 valence electrons. The van der Waals surface area contributed by atoms with Crippen molar-refractivity contribution in [2.75, 3.05) is 13.7 Å². The lowest BCUT2D eigenvalue weighted by atomic mass is 9.76. The first kappa shape index (κ1) is 22.5. The highest BCUT2D eigenvalue weighted by Gasteiger charge is 2.47. The van der Waals surface area contributed by atoms with E-state index in [9.17, 15) is 0 Å². The molecule has 0 aliphatic heterocycles. The van der Waals surface area contributed by atoms with Gasteiger partial charge in [0.15, 0.2) is 5.82 Å². The van der Waals surface area contributed by atoms with Crippen LogP contribution in [0.25, 0.3) is 17.0 Å². The molecule has 1 atom stereocenters. The zero-order valence-corrected chi connectivity index (χ0v) is 18.9. The molecule has 1 fully saturated rings. The third-order valence-corrected chi connectivity index (χ3v) is 6.06. The first-order chi connectivity index (χ1) is 16.0. The Bertz CT molecular complexity index is 1170. The fourth-order valence-corrected chi connectivity index (χ4v) is 3.92. The van der Waals surface area contributed by atoms with Gasteiger partial charge in [-0.25, -0.2) is 4.99 Å². The highest BCUT2D eigenvalue weighted by molar-refractivity contribution is 6.09. The number of hydrogen-bond acceptors (Lipinski definition) is 8. The summed E-state index contributed by atoms with van der Waals surface area (Å²) in [5, 5.41) is 8.71. The summed E-state index contributed by atoms with van der Waals surface area (Å²) < 4.78 is 12.5. The molecule has 4 rings (SSSR count). The van der Waals surface area contributed by atoms with Crippen molar-refractivity contribution in [3.63, 3.8) is 0 Å². The summed E-state index contributed by atoms with van der Waals surface area (Å²) in [6.45, 7) is 7.00. The maximum atomic E-state index is 5.78. The van der Waals surface area contributed by atoms with Gasteiger partial charge in [0, 0.05) is 31.3 Å². The number of nitrogens with zero attached hydrogens (tertiary/aromatic N) is 5. The van der Waals surface area contributed by atoms with E-state index < -0.39 is 0 Å². The van der Waals surface area contributed by atoms with Gasteiger partial charge in [-0.3, -0.25) is 4.68 Å². The van der Waals surface area contributed by atoms with Crippen LogP contribution in [-0.4, -0.2) is 39.9 Å². The van der Waals surface area contributed by atoms with Crippen LogP contribution in [0.5, 0.6) is 0 Å². The molecule has 2 heterocycles. The number of nitrogens with two attached hydrogens (primary N) is 2. The molecule has 1 saturated carbocycles. The summed E-state index contributed by atoms with van der Waals surface area (Å²) in [4.78, 5) is 8.81. The molecule has 2 aromatic heterocycles. The average molecular weight is 448 g/mol. The van der Waals surface area contributed by atoms with Crippen molar-refractivity contribution in [1.29, 1.82) is 0 Å². The summed E-state index contributed by atoms with van der Waals surface area (Å²) in [5.41, 5.74) is 14.5. The van der Waals surface area contributed by atoms with Crippen molar-refractivity contribution >= 4 is 11.8 Å². The van der Waals surface area contributed by atoms with E-state index in [1.165, 1.54) is 6.20 Å². The number of benzene rings is 1. The third kappa shape index (κ3) is 4.73. The van der Waals surface area contributed by atoms with Crippen LogP contribution in [0.3, 0.4) is 0 Å². The fraction of sp³-hybridized carbons (Fsp3) is 0.333. The highest BCUT2D eigenvalue weighted by atomic mass is 16.5. The molecule has 1 unspecified atom stereocenters. The van der Waals surface area contributed by atoms with E-state index >= 15 is 0 Å². The standard InChI is InChI=1S/C24H29N7O2/c1-16(26)27-13-18(12-25)17-4-6-20(7-5-17)24(2,21-8-9-21)23-29-22(33-30-23)19-14-28-31(15-19)10-11-32-3/h4-7,12-15,21H,1,8-11,25-26H2,2-3H3/b18-12+,27-13-. The van der Waals surface area contributed by atoms with Gasteiger partial charge in [0.25, 0.3) is 5.89 Å². The minimum absolute atomic E-state index is 0.226. The van der Waals surface area contributed by atoms with Crippen LogP contribution in [-0.2, 0) is 16.7 Å². The Morgan fingerprint density at radius 1 is 1.36 bits per heavy atom. The monoisotopic (exact) mass is 447 g/mol. The molecule has 1 aromatic carbocycles. The predicted molar refractivity (Wildman–Crippen MR) is 127 cm³/mol. The van der Waals surface area contributed by atoms with Gasteiger partial charge in [0.2, 0.25) is 0 Å². The number of ether oxygens (including phenoxy) is 1. The summed E-state index contributed by atoms with van der Waals surface area (Å²) >= 11 is 0. The van der Waals surface area contributed by atoms with Crippen molar-refractivity contribution in [2.24, 2.45) is 22.4 Å². The predicted octanol–water partition coefficient (Wildman–Crippen LogP) is 3.10. The molecule has 4 N–H and O–H groups in total. The Morgan fingerprint density at radius 3 is 2.76 bits per heavy atom. The lowest BCUT2D eigenvalue weighted by molar-refractivity contribution is 0.183. The van der Waals surface area contributed by atoms with Crippen LogP contribution in [0, 0.1) is 5.92 Å². The lowest BCUT2D eigenvalue weighted by Gasteiger charge is -2.27. The van der Waals surface area contributed by atoms with E-state index in [0.717, 1.165) is 35.1 Å². The van der Waals surface area contributed by atoms with Gasteiger partial charge in [0.1, 0.15) is 5.82 Å². The first-order valence-corrected chi connectivity index (χ1v) is 10.8. The van der Waals surface area contributed by atoms with Gasteiger partial charge >= 0.3 is 0 Å². The van der Waals surface area contributed by atoms with Gasteiger partial charge in [0.05, 0.1) is 30.3 Å². The second kappa shape index (κ2) is 9.41. The van der Waals surface area contributed by atoms with Gasteiger partial charge in [-0.05, 0) is 36.8 Å². The Hall–Kier alpha value is -3.72. The lowest BCUT2D eigenvalue weighted by Crippen LogP contribution is -2.28. The molecule has 0 bridgehead atoms. The van der Waals surface area contributed by atoms with Crippen LogP contribution in [0.4, 0.5) is 0 Å². The minimum atomic E-state index is -0.363. The molecule has 0 amide bonds. The molecule has 0 saturated heterocycles. The third-order valence-electron chi connectivity index (χ3n) is 6.06. The quantitative estimate of drug-likeness (QED) is 0.457. The smallest absolute Gasteiger partial charge is 0.261 e. The minimum Gasteiger partial charge on any atom is -0.404 e. The zero-order chi connectivity index (χ0) is 23.4. The fourth-order valence-electron chi connectivity index (χ4n) is 3.92. The molecule has 0 radical (unpaired) electrons. The molecule has 9 heteroatoms. The Morgan fingerprint density at radius 2 is 2.12 bits per heavy atom. The van der Waals surface area contributed by atoms with E-state index in [-0.39, 0.29) is 11.2 Å². The van der Waals surface area contributed by atoms with E-state index in [1.807, 2.05) is 18.3 Å². The van der Waals surface area contributed by atoms with Gasteiger partial charge in [-0.2, -0.15) is 10.1 Å². The average Bonchev–Trinajstić information content (AvgIpc) is 3.37. The Balaban J connectivity index is 1.61. The second-order valence-electron chi connectivity index (χ2n) is 8.33. The number of allylic oxidation sites excluding steroid dienone is 1. The second-order valence-corrected chi connectivity index (χ2v) is 8.33. The van der Waals surface area contributed by atoms with Gasteiger partial charge in [-0.15, -0.1) is 0 Å². The SMILES string of the molecule is C=C(N)/N=C\C(=C/N)c1ccc(C(C)(c2noc(-c3cnn(CCOC)c3)n2)C2CC2)cc1. The molecule has 0 spiro atoms. The number of hydrogen-bond donors (Lipinski definition) is 2. The van der Waals surface area contributed by atoms with Crippen molar-refractivity contribution in [2.45, 2.75) is 31.7 Å². The first-order valence-electron chi connectivity index (χ1n) is 10.8. The summed E-state index contributed by atoms with van der Waals surface area (Å²) in [7, 11) is 1.66. The molecule has 33 heavy (non-hydrogen) atoms. The van der Waals surface area contributed by atoms with Crippen molar-refractivity contribution < 1.29 is 9.26 Å². The van der Waals surface area contributed by atoms with Gasteiger partial charge in [-0.1, -0.05) is 36.0 Å². The largest absolute Gasteiger partial charge is 0.404 e. The number of aromatic nitrogens is 4. The van der Waals surface area contributed by atoms with Crippen LogP contribution in [0.2, 0.25) is 0 Å². The molecular weight excluding hydrogens is 418 g/mol. The topological polar surface area (TPSA) is 130 Å². The molecule has 9 nitrogen and oxygen atoms in total. The van der Waals surface area contributed by atoms with Crippen molar-refractivity contribution in [3.8, 4) is 11.5 Å².